The molecule has 71 heteroatoms. The summed E-state index contributed by atoms with van der Waals surface area (Å²) >= 11 is 0. The smallest absolute Gasteiger partial charge is 0.362 e. The van der Waals surface area contributed by atoms with Gasteiger partial charge in [-0.2, -0.15) is 42.1 Å². The number of phenols is 1. The Morgan fingerprint density at radius 3 is 0.893 bits per heavy atom. The van der Waals surface area contributed by atoms with Crippen molar-refractivity contribution >= 4 is 171 Å². The number of nitrogens with one attached hydrogen (secondary N) is 4. The van der Waals surface area contributed by atoms with E-state index < -0.39 is 237 Å². The number of fused-ring (bicyclic) bond motifs is 6. The van der Waals surface area contributed by atoms with Gasteiger partial charge in [-0.05, 0) is 47.2 Å². The zero-order valence-electron chi connectivity index (χ0n) is 76.1. The van der Waals surface area contributed by atoms with Crippen molar-refractivity contribution in [1.82, 2.24) is 116 Å². The number of aliphatic hydroxyl groups is 10. The molecule has 5 saturated heterocycles. The van der Waals surface area contributed by atoms with Crippen molar-refractivity contribution in [2.75, 3.05) is 68.8 Å². The minimum atomic E-state index is -4.68. The molecule has 4 amide bonds. The zero-order chi connectivity index (χ0) is 107. The number of aromatic nitrogens is 20. The van der Waals surface area contributed by atoms with Gasteiger partial charge in [0.2, 0.25) is 5.91 Å². The van der Waals surface area contributed by atoms with Crippen molar-refractivity contribution in [3.63, 3.8) is 0 Å². The number of amides is 4. The van der Waals surface area contributed by atoms with Crippen LogP contribution in [-0.4, -0.2) is 351 Å². The lowest BCUT2D eigenvalue weighted by atomic mass is 10.1. The summed E-state index contributed by atoms with van der Waals surface area (Å²) in [6.07, 6.45) is -13.7. The summed E-state index contributed by atoms with van der Waals surface area (Å²) in [6, 6.07) is 23.3. The largest absolute Gasteiger partial charge is 0.507 e. The zero-order valence-corrected chi connectivity index (χ0v) is 80.2. The van der Waals surface area contributed by atoms with Gasteiger partial charge < -0.3 is 113 Å². The van der Waals surface area contributed by atoms with E-state index in [1.165, 1.54) is 136 Å². The van der Waals surface area contributed by atoms with Crippen LogP contribution in [-0.2, 0) is 101 Å². The molecule has 14 aromatic rings. The van der Waals surface area contributed by atoms with Crippen LogP contribution in [0.2, 0.25) is 0 Å². The first-order valence-corrected chi connectivity index (χ1v) is 49.8. The lowest BCUT2D eigenvalue weighted by Gasteiger charge is -2.16. The van der Waals surface area contributed by atoms with Crippen LogP contribution < -0.4 is 57.4 Å². The van der Waals surface area contributed by atoms with Gasteiger partial charge in [-0.1, -0.05) is 54.6 Å². The predicted molar refractivity (Wildman–Crippen MR) is 498 cm³/mol. The molecule has 19 rings (SSSR count). The number of hydrogen-bond donors (Lipinski definition) is 21. The fourth-order valence-electron chi connectivity index (χ4n) is 15.2. The van der Waals surface area contributed by atoms with E-state index >= 15 is 0 Å². The predicted octanol–water partition coefficient (Wildman–Crippen LogP) is -8.30. The van der Waals surface area contributed by atoms with Crippen molar-refractivity contribution in [1.29, 1.82) is 0 Å². The van der Waals surface area contributed by atoms with Crippen LogP contribution >= 0.6 is 0 Å². The van der Waals surface area contributed by atoms with Gasteiger partial charge in [-0.15, -0.1) is 0 Å². The Labute approximate surface area is 835 Å². The number of aliphatic hydroxyl groups excluding tert-OH is 10. The van der Waals surface area contributed by atoms with Crippen molar-refractivity contribution in [2.45, 2.75) is 130 Å². The number of hydrogen-bond acceptors (Lipinski definition) is 56. The number of phenolic OH excluding ortho intramolecular Hbond substituents is 1. The number of nitrogen functional groups attached to an aromatic ring is 5. The first-order valence-electron chi connectivity index (χ1n) is 42.7. The topological polar surface area (TPSA) is 985 Å². The second kappa shape index (κ2) is 44.8. The summed E-state index contributed by atoms with van der Waals surface area (Å²) in [7, 11) is -21.0. The van der Waals surface area contributed by atoms with E-state index in [4.69, 9.17) is 74.8 Å². The minimum Gasteiger partial charge on any atom is -0.507 e. The third kappa shape index (κ3) is 24.5. The van der Waals surface area contributed by atoms with Crippen LogP contribution in [0.15, 0.2) is 154 Å². The Morgan fingerprint density at radius 1 is 0.336 bits per heavy atom. The molecule has 0 unspecified atom stereocenters. The van der Waals surface area contributed by atoms with Crippen LogP contribution in [0, 0.1) is 0 Å². The average molecular weight is 2180 g/mol. The SMILES string of the molecule is CC(=O)NS(=O)(=O)OC[C@H]1O[C@@H](n2cnc3c(N)ncnc32)[C@H](O)[C@@H]1O.COc1ccccc1C(=O)NS(=O)(=O)OC[C@H]1O[C@@H](n2cnc3c(N)ncnc32)[C@H](O)[C@@H]1O.Nc1ncnc2c1ncn2[C@@H]1O[C@H](COS(=O)(=O)NC(=O)c2cc3ccccc3cc2O)[C@@H](O)[C@H]1O.Nc1ncnc2c1ncn2[C@@H]1O[C@H](COS(=O)(=O)NC(=O)c2ccccc2)[C@@H](O)[C@H]1O.Nc1ncnc2c1ncn2[C@@H]1O[C@H](COS(N)(=O)=O)[C@@H](O)[C@H]1O. The maximum atomic E-state index is 12.5. The molecule has 5 fully saturated rings. The van der Waals surface area contributed by atoms with Crippen LogP contribution in [0.25, 0.3) is 66.6 Å². The molecule has 66 nitrogen and oxygen atoms in total. The Kier molecular flexibility index (Phi) is 32.6. The van der Waals surface area contributed by atoms with E-state index in [1.54, 1.807) is 67.4 Å². The standard InChI is InChI=1S/C21H20N6O8S.C18H20N6O8S.C17H18N6O7S.C12H16N6O7S.C10H14N6O6S/c22-18-15-19(24-8-23-18)27(9-25-15)21-17(30)16(29)14(35-21)7-34-36(32,33)26-20(31)12-5-10-3-1-2-4-11(10)6-13(12)28;1-30-10-5-3-2-4-9(10)17(27)23-33(28,29)31-6-11-13(25)14(26)18(32-11)24-8-22-12-15(19)20-7-21-16(12)24;18-14-11-15(20-7-19-14)23(8-21-11)17-13(25)12(24)10(30-17)6-29-31(27,28)22-16(26)9-4-2-1-3-5-9;1-5(19)17-26(22,23)24-2-6-8(20)9(21)12(25-6)18-4-16-7-10(13)14-3-15-11(7)18;11-8-5-9(14-2-13-8)16(3-15-5)10-7(18)6(17)4(22-10)1-21-23(12,19)20/h1-6,8-9,14,16-17,21,28-30H,7H2,(H,26,31)(H2,22,23,24);2-5,7-8,11,13-14,18,25-26H,6H2,1H3,(H,23,27)(H2,19,20,21);1-5,7-8,10,12-13,17,24-25H,6H2,(H,22,26)(H2,18,19,20);3-4,6,8-9,12,20-21H,2H2,1H3,(H,17,19)(H2,13,14,15);2-4,6-7,10,17-18H,1H2,(H2,11,13,14)(H2,12,19,20)/t14-,16-,17-,21-;11-,13-,14-,18-;10-,12-,13-,17-;6-,8-,9-,12-;4-,6-,7-,10-/m11111/s1. The van der Waals surface area contributed by atoms with Crippen LogP contribution in [0.4, 0.5) is 29.1 Å². The summed E-state index contributed by atoms with van der Waals surface area (Å²) in [6.45, 7) is -2.24. The quantitative estimate of drug-likeness (QED) is 0.0217. The fourth-order valence-corrected chi connectivity index (χ4v) is 18.4. The highest BCUT2D eigenvalue weighted by Gasteiger charge is 2.51. The lowest BCUT2D eigenvalue weighted by Crippen LogP contribution is -2.37. The molecule has 5 aliphatic rings. The normalized spacial score (nSPS) is 24.4. The van der Waals surface area contributed by atoms with E-state index in [9.17, 15) is 117 Å². The Morgan fingerprint density at radius 2 is 0.597 bits per heavy atom. The maximum Gasteiger partial charge on any atom is 0.362 e. The van der Waals surface area contributed by atoms with Gasteiger partial charge in [-0.3, -0.25) is 62.9 Å². The Hall–Kier alpha value is -14.7. The molecule has 796 valence electrons. The molecule has 27 N–H and O–H groups in total. The van der Waals surface area contributed by atoms with Gasteiger partial charge in [0.05, 0.1) is 82.9 Å². The molecule has 5 aliphatic heterocycles. The third-order valence-corrected chi connectivity index (χ3v) is 26.5. The highest BCUT2D eigenvalue weighted by Crippen LogP contribution is 2.39. The molecule has 10 aromatic heterocycles. The number of carbonyl (C=O) groups excluding carboxylic acids is 4. The first kappa shape index (κ1) is 108. The number of benzene rings is 4. The van der Waals surface area contributed by atoms with E-state index in [-0.39, 0.29) is 96.2 Å². The van der Waals surface area contributed by atoms with Gasteiger partial charge >= 0.3 is 51.5 Å². The molecule has 20 atom stereocenters. The monoisotopic (exact) mass is 2180 g/mol. The van der Waals surface area contributed by atoms with Gasteiger partial charge in [0.15, 0.2) is 88.5 Å². The van der Waals surface area contributed by atoms with E-state index in [2.05, 4.69) is 83.1 Å². The summed E-state index contributed by atoms with van der Waals surface area (Å²) in [5.41, 5.74) is 31.1. The number of nitrogens with zero attached hydrogens (tertiary/aromatic N) is 20. The number of para-hydroxylation sites is 1. The highest BCUT2D eigenvalue weighted by molar-refractivity contribution is 7.86. The fraction of sp³-hybridized carbons (Fsp3) is 0.346. The molecular weight excluding hydrogens is 2090 g/mol. The third-order valence-electron chi connectivity index (χ3n) is 22.4. The Bertz CT molecular complexity index is 7910. The summed E-state index contributed by atoms with van der Waals surface area (Å²) in [5, 5.41) is 119. The van der Waals surface area contributed by atoms with Gasteiger partial charge in [0.1, 0.15) is 162 Å². The van der Waals surface area contributed by atoms with Crippen molar-refractivity contribution in [3.05, 3.63) is 171 Å². The molecule has 0 spiro atoms. The number of aromatic hydroxyl groups is 1. The first-order chi connectivity index (χ1) is 70.6. The molecular formula is C78H88N30O36S5. The molecule has 15 heterocycles. The van der Waals surface area contributed by atoms with Crippen molar-refractivity contribution in [2.24, 2.45) is 5.14 Å². The lowest BCUT2D eigenvalue weighted by molar-refractivity contribution is -0.117. The maximum absolute atomic E-state index is 12.5. The number of ether oxygens (including phenoxy) is 6. The molecule has 4 aromatic carbocycles. The molecule has 149 heavy (non-hydrogen) atoms. The summed E-state index contributed by atoms with van der Waals surface area (Å²) in [4.78, 5) is 107. The van der Waals surface area contributed by atoms with Crippen LogP contribution in [0.3, 0.4) is 0 Å². The average Bonchev–Trinajstić information content (AvgIpc) is 1.63. The van der Waals surface area contributed by atoms with E-state index in [1.807, 2.05) is 0 Å². The minimum absolute atomic E-state index is 0.0203. The number of carbonyl (C=O) groups is 4. The number of imidazole rings is 5. The summed E-state index contributed by atoms with van der Waals surface area (Å²) in [5.74, 6) is -3.44. The van der Waals surface area contributed by atoms with Crippen molar-refractivity contribution < 1.29 is 167 Å². The van der Waals surface area contributed by atoms with Crippen molar-refractivity contribution in [3.8, 4) is 11.5 Å². The number of methoxy groups -OCH3 is 1. The summed E-state index contributed by atoms with van der Waals surface area (Å²) < 4.78 is 188. The second-order valence-corrected chi connectivity index (χ2v) is 38.7. The van der Waals surface area contributed by atoms with Gasteiger partial charge in [-0.25, -0.2) is 98.8 Å². The molecule has 0 bridgehead atoms. The second-order valence-electron chi connectivity index (χ2n) is 32.1. The number of nitrogens with two attached hydrogens (primary N) is 6. The van der Waals surface area contributed by atoms with Crippen LogP contribution in [0.5, 0.6) is 11.5 Å². The number of anilines is 5. The van der Waals surface area contributed by atoms with Gasteiger partial charge in [0, 0.05) is 12.5 Å². The van der Waals surface area contributed by atoms with E-state index in [0.717, 1.165) is 6.92 Å². The van der Waals surface area contributed by atoms with Gasteiger partial charge in [0.25, 0.3) is 17.7 Å². The molecule has 0 aliphatic carbocycles. The molecule has 0 radical (unpaired) electrons. The van der Waals surface area contributed by atoms with Crippen LogP contribution in [0.1, 0.15) is 69.1 Å². The number of rotatable bonds is 28. The van der Waals surface area contributed by atoms with E-state index in [0.29, 0.717) is 21.9 Å². The Balaban J connectivity index is 0.000000140. The molecule has 0 saturated carbocycles. The highest BCUT2D eigenvalue weighted by atomic mass is 32.3.